The fourth-order valence-corrected chi connectivity index (χ4v) is 4.68. The van der Waals surface area contributed by atoms with Crippen LogP contribution < -0.4 is 10.2 Å². The van der Waals surface area contributed by atoms with Gasteiger partial charge in [-0.1, -0.05) is 66.2 Å². The summed E-state index contributed by atoms with van der Waals surface area (Å²) in [6, 6.07) is 18.3. The molecule has 1 N–H and O–H groups in total. The van der Waals surface area contributed by atoms with Gasteiger partial charge in [-0.05, 0) is 48.1 Å². The summed E-state index contributed by atoms with van der Waals surface area (Å²) in [6.45, 7) is 6.42. The van der Waals surface area contributed by atoms with Gasteiger partial charge in [0.25, 0.3) is 5.91 Å². The topological polar surface area (TPSA) is 69.7 Å². The molecular formula is C27H28BrN3O3. The number of carbonyl (C=O) groups excluding carboxylic acids is 3. The Balaban J connectivity index is 1.61. The summed E-state index contributed by atoms with van der Waals surface area (Å²) in [4.78, 5) is 42.8. The van der Waals surface area contributed by atoms with E-state index in [1.165, 1.54) is 4.90 Å². The molecule has 3 aromatic rings. The van der Waals surface area contributed by atoms with Gasteiger partial charge in [-0.25, -0.2) is 0 Å². The molecule has 0 aromatic heterocycles. The van der Waals surface area contributed by atoms with Gasteiger partial charge in [-0.2, -0.15) is 0 Å². The molecule has 34 heavy (non-hydrogen) atoms. The average Bonchev–Trinajstić information content (AvgIpc) is 3.08. The highest BCUT2D eigenvalue weighted by Gasteiger charge is 2.34. The first kappa shape index (κ1) is 24.0. The number of carbonyl (C=O) groups is 3. The molecule has 1 atom stereocenters. The van der Waals surface area contributed by atoms with Crippen LogP contribution in [0.3, 0.4) is 0 Å². The summed E-state index contributed by atoms with van der Waals surface area (Å²) in [7, 11) is 0. The van der Waals surface area contributed by atoms with Gasteiger partial charge in [-0.15, -0.1) is 0 Å². The van der Waals surface area contributed by atoms with Gasteiger partial charge in [0.05, 0.1) is 5.69 Å². The van der Waals surface area contributed by atoms with E-state index < -0.39 is 6.04 Å². The molecular weight excluding hydrogens is 494 g/mol. The molecule has 0 saturated heterocycles. The van der Waals surface area contributed by atoms with E-state index in [1.54, 1.807) is 17.9 Å². The predicted molar refractivity (Wildman–Crippen MR) is 138 cm³/mol. The van der Waals surface area contributed by atoms with Gasteiger partial charge in [0.2, 0.25) is 11.8 Å². The van der Waals surface area contributed by atoms with Gasteiger partial charge in [-0.3, -0.25) is 19.3 Å². The number of nitrogens with one attached hydrogen (secondary N) is 1. The Morgan fingerprint density at radius 1 is 1.03 bits per heavy atom. The smallest absolute Gasteiger partial charge is 0.259 e. The number of hydrogen-bond donors (Lipinski definition) is 1. The quantitative estimate of drug-likeness (QED) is 0.464. The van der Waals surface area contributed by atoms with Crippen LogP contribution in [0.15, 0.2) is 65.1 Å². The maximum absolute atomic E-state index is 13.6. The van der Waals surface area contributed by atoms with Crippen LogP contribution in [0.1, 0.15) is 36.7 Å². The third-order valence-electron chi connectivity index (χ3n) is 6.04. The van der Waals surface area contributed by atoms with Gasteiger partial charge in [0.1, 0.15) is 12.6 Å². The summed E-state index contributed by atoms with van der Waals surface area (Å²) >= 11 is 3.47. The Morgan fingerprint density at radius 3 is 2.44 bits per heavy atom. The zero-order valence-corrected chi connectivity index (χ0v) is 21.1. The molecule has 1 aliphatic rings. The summed E-state index contributed by atoms with van der Waals surface area (Å²) in [6.07, 6.45) is 0. The van der Waals surface area contributed by atoms with Crippen molar-refractivity contribution in [2.75, 3.05) is 18.0 Å². The molecule has 0 spiro atoms. The lowest BCUT2D eigenvalue weighted by molar-refractivity contribution is -0.139. The Kier molecular flexibility index (Phi) is 7.03. The predicted octanol–water partition coefficient (Wildman–Crippen LogP) is 4.75. The number of nitrogens with zero attached hydrogens (tertiary/aromatic N) is 2. The van der Waals surface area contributed by atoms with E-state index in [1.807, 2.05) is 68.4 Å². The van der Waals surface area contributed by atoms with Crippen molar-refractivity contribution in [2.24, 2.45) is 5.92 Å². The first-order valence-electron chi connectivity index (χ1n) is 11.4. The lowest BCUT2D eigenvalue weighted by Crippen LogP contribution is -2.51. The van der Waals surface area contributed by atoms with Crippen LogP contribution in [0.25, 0.3) is 10.8 Å². The third-order valence-corrected chi connectivity index (χ3v) is 6.53. The summed E-state index contributed by atoms with van der Waals surface area (Å²) < 4.78 is 0.895. The molecule has 1 unspecified atom stereocenters. The number of amides is 3. The fourth-order valence-electron chi connectivity index (χ4n) is 4.23. The second-order valence-corrected chi connectivity index (χ2v) is 9.95. The fraction of sp³-hybridized carbons (Fsp3) is 0.296. The highest BCUT2D eigenvalue weighted by atomic mass is 79.9. The van der Waals surface area contributed by atoms with Gasteiger partial charge in [0.15, 0.2) is 0 Å². The van der Waals surface area contributed by atoms with Crippen LogP contribution in [0.4, 0.5) is 5.69 Å². The first-order valence-corrected chi connectivity index (χ1v) is 12.2. The summed E-state index contributed by atoms with van der Waals surface area (Å²) in [5.41, 5.74) is 2.22. The van der Waals surface area contributed by atoms with Crippen molar-refractivity contribution in [3.63, 3.8) is 0 Å². The van der Waals surface area contributed by atoms with E-state index in [-0.39, 0.29) is 30.8 Å². The van der Waals surface area contributed by atoms with Crippen molar-refractivity contribution in [1.29, 1.82) is 0 Å². The van der Waals surface area contributed by atoms with Crippen molar-refractivity contribution in [3.8, 4) is 0 Å². The van der Waals surface area contributed by atoms with Gasteiger partial charge < -0.3 is 10.2 Å². The van der Waals surface area contributed by atoms with Crippen LogP contribution in [-0.2, 0) is 16.1 Å². The molecule has 1 aliphatic heterocycles. The van der Waals surface area contributed by atoms with E-state index in [4.69, 9.17) is 0 Å². The maximum atomic E-state index is 13.6. The first-order chi connectivity index (χ1) is 16.3. The van der Waals surface area contributed by atoms with Crippen molar-refractivity contribution < 1.29 is 14.4 Å². The van der Waals surface area contributed by atoms with Crippen LogP contribution in [0.2, 0.25) is 0 Å². The minimum Gasteiger partial charge on any atom is -0.354 e. The highest BCUT2D eigenvalue weighted by molar-refractivity contribution is 9.10. The summed E-state index contributed by atoms with van der Waals surface area (Å²) in [5, 5.41) is 4.75. The number of anilines is 1. The second-order valence-electron chi connectivity index (χ2n) is 9.04. The monoisotopic (exact) mass is 521 g/mol. The molecule has 7 heteroatoms. The Bertz CT molecular complexity index is 1250. The Labute approximate surface area is 208 Å². The molecule has 176 valence electrons. The average molecular weight is 522 g/mol. The molecule has 0 fully saturated rings. The zero-order valence-electron chi connectivity index (χ0n) is 19.5. The Morgan fingerprint density at radius 2 is 1.74 bits per heavy atom. The molecule has 0 bridgehead atoms. The lowest BCUT2D eigenvalue weighted by atomic mass is 10.1. The van der Waals surface area contributed by atoms with Crippen LogP contribution in [0, 0.1) is 5.92 Å². The molecule has 0 aliphatic carbocycles. The molecule has 6 nitrogen and oxygen atoms in total. The van der Waals surface area contributed by atoms with Crippen molar-refractivity contribution >= 4 is 50.1 Å². The van der Waals surface area contributed by atoms with Crippen molar-refractivity contribution in [2.45, 2.75) is 33.4 Å². The number of benzene rings is 3. The number of rotatable bonds is 8. The standard InChI is InChI=1S/C27H28BrN3O3/c1-17(2)14-29-26(33)18(3)30(15-19-7-4-10-21(28)13-19)24(32)16-31-23-12-6-9-20-8-5-11-22(25(20)23)27(31)34/h4-13,17-18H,14-16H2,1-3H3,(H,29,33). The van der Waals surface area contributed by atoms with E-state index in [0.29, 0.717) is 18.0 Å². The van der Waals surface area contributed by atoms with Crippen LogP contribution >= 0.6 is 15.9 Å². The Hall–Kier alpha value is -3.19. The van der Waals surface area contributed by atoms with Gasteiger partial charge >= 0.3 is 0 Å². The van der Waals surface area contributed by atoms with E-state index in [0.717, 1.165) is 26.5 Å². The minimum atomic E-state index is -0.693. The SMILES string of the molecule is CC(C)CNC(=O)C(C)N(Cc1cccc(Br)c1)C(=O)CN1C(=O)c2cccc3cccc1c23. The van der Waals surface area contributed by atoms with E-state index in [2.05, 4.69) is 21.2 Å². The number of hydrogen-bond acceptors (Lipinski definition) is 3. The third kappa shape index (κ3) is 4.85. The van der Waals surface area contributed by atoms with Gasteiger partial charge in [0, 0.05) is 28.5 Å². The normalized spacial score (nSPS) is 13.4. The van der Waals surface area contributed by atoms with E-state index in [9.17, 15) is 14.4 Å². The highest BCUT2D eigenvalue weighted by Crippen LogP contribution is 2.37. The molecule has 4 rings (SSSR count). The maximum Gasteiger partial charge on any atom is 0.259 e. The molecule has 1 heterocycles. The number of halogens is 1. The summed E-state index contributed by atoms with van der Waals surface area (Å²) in [5.74, 6) is -0.397. The lowest BCUT2D eigenvalue weighted by Gasteiger charge is -2.31. The largest absolute Gasteiger partial charge is 0.354 e. The molecule has 3 aromatic carbocycles. The minimum absolute atomic E-state index is 0.136. The van der Waals surface area contributed by atoms with Crippen LogP contribution in [0.5, 0.6) is 0 Å². The zero-order chi connectivity index (χ0) is 24.4. The van der Waals surface area contributed by atoms with Crippen molar-refractivity contribution in [1.82, 2.24) is 10.2 Å². The van der Waals surface area contributed by atoms with Crippen molar-refractivity contribution in [3.05, 3.63) is 76.3 Å². The van der Waals surface area contributed by atoms with E-state index >= 15 is 0 Å². The molecule has 3 amide bonds. The van der Waals surface area contributed by atoms with Crippen LogP contribution in [-0.4, -0.2) is 41.8 Å². The molecule has 0 radical (unpaired) electrons. The molecule has 0 saturated carbocycles. The second kappa shape index (κ2) is 9.97.